The van der Waals surface area contributed by atoms with Crippen LogP contribution in [0.4, 0.5) is 5.69 Å². The molecule has 110 valence electrons. The Labute approximate surface area is 117 Å². The Balaban J connectivity index is 2.84. The number of hydrogen-bond acceptors (Lipinski definition) is 4. The first kappa shape index (κ1) is 15.9. The van der Waals surface area contributed by atoms with Gasteiger partial charge in [0.25, 0.3) is 0 Å². The Morgan fingerprint density at radius 1 is 1.45 bits per heavy atom. The highest BCUT2D eigenvalue weighted by Crippen LogP contribution is 2.28. The van der Waals surface area contributed by atoms with E-state index in [9.17, 15) is 14.9 Å². The van der Waals surface area contributed by atoms with Crippen molar-refractivity contribution in [3.05, 3.63) is 33.9 Å². The molecular weight excluding hydrogens is 262 g/mol. The summed E-state index contributed by atoms with van der Waals surface area (Å²) in [6.07, 6.45) is 0.665. The van der Waals surface area contributed by atoms with Gasteiger partial charge in [0, 0.05) is 11.6 Å². The van der Waals surface area contributed by atoms with Crippen molar-refractivity contribution in [1.29, 1.82) is 0 Å². The van der Waals surface area contributed by atoms with Crippen LogP contribution in [0.2, 0.25) is 0 Å². The maximum absolute atomic E-state index is 11.0. The molecule has 0 aliphatic heterocycles. The molecule has 0 aliphatic rings. The van der Waals surface area contributed by atoms with Crippen molar-refractivity contribution < 1.29 is 18.9 Å². The van der Waals surface area contributed by atoms with E-state index in [2.05, 4.69) is 5.32 Å². The predicted molar refractivity (Wildman–Crippen MR) is 74.4 cm³/mol. The van der Waals surface area contributed by atoms with Crippen LogP contribution in [0.3, 0.4) is 0 Å². The van der Waals surface area contributed by atoms with E-state index in [4.69, 9.17) is 4.74 Å². The van der Waals surface area contributed by atoms with Crippen LogP contribution in [0.1, 0.15) is 5.56 Å². The fourth-order valence-electron chi connectivity index (χ4n) is 1.98. The number of nitrogens with one attached hydrogen (secondary N) is 1. The van der Waals surface area contributed by atoms with Gasteiger partial charge in [0.2, 0.25) is 6.41 Å². The first-order chi connectivity index (χ1) is 9.39. The highest BCUT2D eigenvalue weighted by Gasteiger charge is 2.20. The van der Waals surface area contributed by atoms with E-state index in [0.29, 0.717) is 24.0 Å². The number of nitro benzene ring substituents is 1. The van der Waals surface area contributed by atoms with Crippen molar-refractivity contribution in [2.24, 2.45) is 0 Å². The molecule has 1 aromatic rings. The molecule has 1 N–H and O–H groups in total. The lowest BCUT2D eigenvalue weighted by Gasteiger charge is -2.29. The summed E-state index contributed by atoms with van der Waals surface area (Å²) in [6.45, 7) is 1.93. The topological polar surface area (TPSA) is 81.5 Å². The van der Waals surface area contributed by atoms with E-state index in [1.54, 1.807) is 6.07 Å². The maximum Gasteiger partial charge on any atom is 0.311 e. The lowest BCUT2D eigenvalue weighted by atomic mass is 10.1. The van der Waals surface area contributed by atoms with Gasteiger partial charge in [-0.2, -0.15) is 0 Å². The summed E-state index contributed by atoms with van der Waals surface area (Å²) in [5.74, 6) is 0.256. The average molecular weight is 282 g/mol. The van der Waals surface area contributed by atoms with Crippen molar-refractivity contribution in [1.82, 2.24) is 5.32 Å². The maximum atomic E-state index is 11.0. The first-order valence-electron chi connectivity index (χ1n) is 6.20. The first-order valence-corrected chi connectivity index (χ1v) is 6.20. The molecule has 0 aliphatic carbocycles. The summed E-state index contributed by atoms with van der Waals surface area (Å²) >= 11 is 0. The number of methoxy groups -OCH3 is 1. The van der Waals surface area contributed by atoms with Crippen LogP contribution in [0.5, 0.6) is 5.75 Å². The molecule has 0 saturated heterocycles. The molecule has 7 heteroatoms. The van der Waals surface area contributed by atoms with Gasteiger partial charge < -0.3 is 14.5 Å². The van der Waals surface area contributed by atoms with E-state index >= 15 is 0 Å². The predicted octanol–water partition coefficient (Wildman–Crippen LogP) is 0.926. The van der Waals surface area contributed by atoms with Crippen LogP contribution >= 0.6 is 0 Å². The molecule has 0 fully saturated rings. The Morgan fingerprint density at radius 2 is 2.15 bits per heavy atom. The third-order valence-electron chi connectivity index (χ3n) is 3.00. The van der Waals surface area contributed by atoms with Crippen LogP contribution < -0.4 is 10.1 Å². The Hall–Kier alpha value is -2.15. The number of ether oxygens (including phenoxy) is 1. The highest BCUT2D eigenvalue weighted by molar-refractivity contribution is 5.48. The third kappa shape index (κ3) is 4.51. The fraction of sp³-hybridized carbons (Fsp3) is 0.462. The molecular formula is C13H20N3O4+. The molecule has 0 radical (unpaired) electrons. The Morgan fingerprint density at radius 3 is 2.70 bits per heavy atom. The minimum atomic E-state index is -0.448. The molecule has 7 nitrogen and oxygen atoms in total. The fourth-order valence-corrected chi connectivity index (χ4v) is 1.98. The van der Waals surface area contributed by atoms with Crippen LogP contribution in [-0.4, -0.2) is 50.1 Å². The number of quaternary nitrogens is 1. The average Bonchev–Trinajstić information content (AvgIpc) is 2.38. The molecule has 0 heterocycles. The van der Waals surface area contributed by atoms with Gasteiger partial charge in [-0.25, -0.2) is 0 Å². The van der Waals surface area contributed by atoms with Crippen LogP contribution in [-0.2, 0) is 11.3 Å². The number of carbonyl (C=O) groups is 1. The molecule has 0 spiro atoms. The van der Waals surface area contributed by atoms with Crippen molar-refractivity contribution in [2.75, 3.05) is 34.3 Å². The van der Waals surface area contributed by atoms with Crippen molar-refractivity contribution in [3.63, 3.8) is 0 Å². The summed E-state index contributed by atoms with van der Waals surface area (Å²) in [4.78, 5) is 20.8. The molecule has 0 unspecified atom stereocenters. The molecule has 20 heavy (non-hydrogen) atoms. The zero-order chi connectivity index (χ0) is 15.2. The summed E-state index contributed by atoms with van der Waals surface area (Å²) < 4.78 is 5.59. The number of rotatable bonds is 8. The number of hydrogen-bond donors (Lipinski definition) is 1. The van der Waals surface area contributed by atoms with Gasteiger partial charge in [-0.15, -0.1) is 0 Å². The lowest BCUT2D eigenvalue weighted by molar-refractivity contribution is -0.902. The van der Waals surface area contributed by atoms with Crippen molar-refractivity contribution in [3.8, 4) is 5.75 Å². The highest BCUT2D eigenvalue weighted by atomic mass is 16.6. The number of amides is 1. The second kappa shape index (κ2) is 6.85. The smallest absolute Gasteiger partial charge is 0.311 e. The van der Waals surface area contributed by atoms with Gasteiger partial charge in [-0.3, -0.25) is 14.9 Å². The number of likely N-dealkylation sites (N-methyl/N-ethyl adjacent to an activating group) is 1. The van der Waals surface area contributed by atoms with Crippen LogP contribution in [0, 0.1) is 10.1 Å². The summed E-state index contributed by atoms with van der Waals surface area (Å²) in [5, 5.41) is 13.6. The van der Waals surface area contributed by atoms with Gasteiger partial charge in [0.1, 0.15) is 6.54 Å². The molecule has 0 aromatic heterocycles. The SMILES string of the molecule is COc1ccc(C[N+](C)(C)CCNC=O)cc1[N+](=O)[O-]. The molecule has 0 bridgehead atoms. The van der Waals surface area contributed by atoms with Gasteiger partial charge in [-0.05, 0) is 12.1 Å². The normalized spacial score (nSPS) is 10.9. The van der Waals surface area contributed by atoms with Gasteiger partial charge in [0.15, 0.2) is 5.75 Å². The summed E-state index contributed by atoms with van der Waals surface area (Å²) in [5.41, 5.74) is 0.824. The lowest BCUT2D eigenvalue weighted by Crippen LogP contribution is -2.43. The van der Waals surface area contributed by atoms with Crippen LogP contribution in [0.15, 0.2) is 18.2 Å². The second-order valence-corrected chi connectivity index (χ2v) is 5.15. The van der Waals surface area contributed by atoms with E-state index in [-0.39, 0.29) is 11.4 Å². The third-order valence-corrected chi connectivity index (χ3v) is 3.00. The van der Waals surface area contributed by atoms with Gasteiger partial charge in [0.05, 0.1) is 39.2 Å². The molecule has 0 atom stereocenters. The second-order valence-electron chi connectivity index (χ2n) is 5.15. The molecule has 1 aromatic carbocycles. The van der Waals surface area contributed by atoms with E-state index < -0.39 is 4.92 Å². The Kier molecular flexibility index (Phi) is 5.45. The van der Waals surface area contributed by atoms with E-state index in [1.807, 2.05) is 20.2 Å². The summed E-state index contributed by atoms with van der Waals surface area (Å²) in [7, 11) is 5.41. The number of nitrogens with zero attached hydrogens (tertiary/aromatic N) is 2. The quantitative estimate of drug-likeness (QED) is 0.253. The number of carbonyl (C=O) groups excluding carboxylic acids is 1. The van der Waals surface area contributed by atoms with Crippen molar-refractivity contribution in [2.45, 2.75) is 6.54 Å². The Bertz CT molecular complexity index is 489. The van der Waals surface area contributed by atoms with Gasteiger partial charge in [-0.1, -0.05) is 0 Å². The minimum absolute atomic E-state index is 0.0315. The van der Waals surface area contributed by atoms with Crippen LogP contribution in [0.25, 0.3) is 0 Å². The number of nitro groups is 1. The van der Waals surface area contributed by atoms with Gasteiger partial charge >= 0.3 is 5.69 Å². The minimum Gasteiger partial charge on any atom is -0.490 e. The molecule has 0 saturated carbocycles. The zero-order valence-corrected chi connectivity index (χ0v) is 12.0. The van der Waals surface area contributed by atoms with Crippen molar-refractivity contribution >= 4 is 12.1 Å². The van der Waals surface area contributed by atoms with E-state index in [1.165, 1.54) is 13.2 Å². The monoisotopic (exact) mass is 282 g/mol. The number of benzene rings is 1. The zero-order valence-electron chi connectivity index (χ0n) is 12.0. The molecule has 1 amide bonds. The molecule has 1 rings (SSSR count). The standard InChI is InChI=1S/C13H19N3O4/c1-16(2,7-6-14-10-17)9-11-4-5-13(20-3)12(8-11)15(18)19/h4-5,8,10H,6-7,9H2,1-3H3/p+1. The largest absolute Gasteiger partial charge is 0.490 e. The summed E-state index contributed by atoms with van der Waals surface area (Å²) in [6, 6.07) is 4.96. The van der Waals surface area contributed by atoms with E-state index in [0.717, 1.165) is 12.1 Å².